The molecule has 1 saturated heterocycles. The Morgan fingerprint density at radius 1 is 1.47 bits per heavy atom. The third-order valence-corrected chi connectivity index (χ3v) is 4.51. The van der Waals surface area contributed by atoms with E-state index in [1.807, 2.05) is 24.3 Å². The summed E-state index contributed by atoms with van der Waals surface area (Å²) in [5, 5.41) is 12.3. The van der Waals surface area contributed by atoms with Crippen molar-refractivity contribution in [3.8, 4) is 6.07 Å². The summed E-state index contributed by atoms with van der Waals surface area (Å²) in [6, 6.07) is 10.4. The van der Waals surface area contributed by atoms with Crippen molar-refractivity contribution in [2.24, 2.45) is 5.92 Å². The van der Waals surface area contributed by atoms with Crippen molar-refractivity contribution in [3.63, 3.8) is 0 Å². The number of nitrogens with zero attached hydrogens (tertiary/aromatic N) is 1. The van der Waals surface area contributed by atoms with Gasteiger partial charge in [-0.1, -0.05) is 12.1 Å². The van der Waals surface area contributed by atoms with Crippen LogP contribution in [0.15, 0.2) is 24.3 Å². The molecule has 1 fully saturated rings. The summed E-state index contributed by atoms with van der Waals surface area (Å²) < 4.78 is 0. The number of nitrogens with one attached hydrogen (secondary N) is 1. The molecule has 0 radical (unpaired) electrons. The normalized spacial score (nSPS) is 21.1. The van der Waals surface area contributed by atoms with Crippen LogP contribution in [-0.2, 0) is 0 Å². The van der Waals surface area contributed by atoms with Crippen LogP contribution in [0.1, 0.15) is 30.5 Å². The van der Waals surface area contributed by atoms with Crippen molar-refractivity contribution >= 4 is 11.8 Å². The Morgan fingerprint density at radius 3 is 2.82 bits per heavy atom. The van der Waals surface area contributed by atoms with E-state index in [2.05, 4.69) is 30.1 Å². The Kier molecular flexibility index (Phi) is 4.47. The van der Waals surface area contributed by atoms with E-state index in [9.17, 15) is 0 Å². The second-order valence-corrected chi connectivity index (χ2v) is 5.74. The third kappa shape index (κ3) is 3.49. The van der Waals surface area contributed by atoms with E-state index in [4.69, 9.17) is 5.26 Å². The van der Waals surface area contributed by atoms with Gasteiger partial charge in [-0.05, 0) is 55.0 Å². The van der Waals surface area contributed by atoms with E-state index >= 15 is 0 Å². The molecule has 2 nitrogen and oxygen atoms in total. The van der Waals surface area contributed by atoms with Gasteiger partial charge >= 0.3 is 0 Å². The van der Waals surface area contributed by atoms with Gasteiger partial charge in [0.05, 0.1) is 11.6 Å². The molecule has 1 aromatic carbocycles. The zero-order valence-corrected chi connectivity index (χ0v) is 11.0. The number of hydrogen-bond donors (Lipinski definition) is 1. The summed E-state index contributed by atoms with van der Waals surface area (Å²) in [5.74, 6) is 3.45. The van der Waals surface area contributed by atoms with Gasteiger partial charge in [0.15, 0.2) is 0 Å². The lowest BCUT2D eigenvalue weighted by molar-refractivity contribution is 0.477. The number of hydrogen-bond acceptors (Lipinski definition) is 3. The highest BCUT2D eigenvalue weighted by Crippen LogP contribution is 2.23. The average molecular weight is 246 g/mol. The highest BCUT2D eigenvalue weighted by atomic mass is 32.2. The fourth-order valence-corrected chi connectivity index (χ4v) is 3.34. The van der Waals surface area contributed by atoms with Gasteiger partial charge in [-0.25, -0.2) is 0 Å². The maximum Gasteiger partial charge on any atom is 0.0991 e. The standard InChI is InChI=1S/C14H18N2S/c1-11(16-9-13-6-7-17-10-13)14-4-2-12(8-15)3-5-14/h2-5,11,13,16H,6-7,9-10H2,1H3. The van der Waals surface area contributed by atoms with Gasteiger partial charge < -0.3 is 5.32 Å². The molecule has 1 aliphatic heterocycles. The summed E-state index contributed by atoms with van der Waals surface area (Å²) in [7, 11) is 0. The second kappa shape index (κ2) is 6.09. The van der Waals surface area contributed by atoms with Gasteiger partial charge in [0, 0.05) is 6.04 Å². The van der Waals surface area contributed by atoms with Crippen LogP contribution in [0.2, 0.25) is 0 Å². The van der Waals surface area contributed by atoms with Crippen LogP contribution in [0.5, 0.6) is 0 Å². The second-order valence-electron chi connectivity index (χ2n) is 4.59. The summed E-state index contributed by atoms with van der Waals surface area (Å²) in [5.41, 5.74) is 1.99. The Morgan fingerprint density at radius 2 is 2.24 bits per heavy atom. The SMILES string of the molecule is CC(NCC1CCSC1)c1ccc(C#N)cc1. The largest absolute Gasteiger partial charge is 0.310 e. The molecule has 0 spiro atoms. The molecule has 90 valence electrons. The first-order chi connectivity index (χ1) is 8.29. The van der Waals surface area contributed by atoms with Crippen LogP contribution in [0.3, 0.4) is 0 Å². The number of nitriles is 1. The minimum absolute atomic E-state index is 0.369. The van der Waals surface area contributed by atoms with E-state index < -0.39 is 0 Å². The topological polar surface area (TPSA) is 35.8 Å². The first-order valence-electron chi connectivity index (χ1n) is 6.11. The Bertz CT molecular complexity index is 388. The minimum Gasteiger partial charge on any atom is -0.310 e. The van der Waals surface area contributed by atoms with Crippen LogP contribution in [0.4, 0.5) is 0 Å². The van der Waals surface area contributed by atoms with E-state index in [0.717, 1.165) is 18.0 Å². The molecule has 2 atom stereocenters. The van der Waals surface area contributed by atoms with Crippen LogP contribution >= 0.6 is 11.8 Å². The summed E-state index contributed by atoms with van der Waals surface area (Å²) >= 11 is 2.06. The van der Waals surface area contributed by atoms with Gasteiger partial charge in [0.2, 0.25) is 0 Å². The molecule has 1 aliphatic rings. The predicted octanol–water partition coefficient (Wildman–Crippen LogP) is 2.96. The van der Waals surface area contributed by atoms with Crippen molar-refractivity contribution in [1.29, 1.82) is 5.26 Å². The van der Waals surface area contributed by atoms with Gasteiger partial charge in [0.25, 0.3) is 0 Å². The van der Waals surface area contributed by atoms with E-state index in [1.54, 1.807) is 0 Å². The maximum absolute atomic E-state index is 8.75. The molecule has 0 saturated carbocycles. The van der Waals surface area contributed by atoms with Gasteiger partial charge in [-0.2, -0.15) is 17.0 Å². The van der Waals surface area contributed by atoms with Gasteiger partial charge in [0.1, 0.15) is 0 Å². The Balaban J connectivity index is 1.85. The van der Waals surface area contributed by atoms with E-state index in [1.165, 1.54) is 23.5 Å². The molecule has 2 rings (SSSR count). The molecule has 0 bridgehead atoms. The lowest BCUT2D eigenvalue weighted by Crippen LogP contribution is -2.25. The molecule has 1 N–H and O–H groups in total. The molecule has 2 unspecified atom stereocenters. The first-order valence-corrected chi connectivity index (χ1v) is 7.26. The van der Waals surface area contributed by atoms with Crippen molar-refractivity contribution in [3.05, 3.63) is 35.4 Å². The quantitative estimate of drug-likeness (QED) is 0.887. The average Bonchev–Trinajstić information content (AvgIpc) is 2.89. The Labute approximate surface area is 107 Å². The highest BCUT2D eigenvalue weighted by Gasteiger charge is 2.16. The fourth-order valence-electron chi connectivity index (χ4n) is 2.05. The molecule has 0 aliphatic carbocycles. The van der Waals surface area contributed by atoms with Crippen LogP contribution in [-0.4, -0.2) is 18.1 Å². The lowest BCUT2D eigenvalue weighted by atomic mass is 10.0. The third-order valence-electron chi connectivity index (χ3n) is 3.28. The summed E-state index contributed by atoms with van der Waals surface area (Å²) in [6.45, 7) is 3.29. The zero-order chi connectivity index (χ0) is 12.1. The van der Waals surface area contributed by atoms with E-state index in [-0.39, 0.29) is 0 Å². The van der Waals surface area contributed by atoms with Crippen LogP contribution < -0.4 is 5.32 Å². The molecule has 0 amide bonds. The zero-order valence-electron chi connectivity index (χ0n) is 10.1. The lowest BCUT2D eigenvalue weighted by Gasteiger charge is -2.17. The van der Waals surface area contributed by atoms with Crippen molar-refractivity contribution in [1.82, 2.24) is 5.32 Å². The number of thioether (sulfide) groups is 1. The molecule has 1 heterocycles. The monoisotopic (exact) mass is 246 g/mol. The fraction of sp³-hybridized carbons (Fsp3) is 0.500. The van der Waals surface area contributed by atoms with Crippen LogP contribution in [0, 0.1) is 17.2 Å². The molecule has 3 heteroatoms. The van der Waals surface area contributed by atoms with E-state index in [0.29, 0.717) is 6.04 Å². The van der Waals surface area contributed by atoms with Gasteiger partial charge in [-0.15, -0.1) is 0 Å². The van der Waals surface area contributed by atoms with Crippen LogP contribution in [0.25, 0.3) is 0 Å². The maximum atomic E-state index is 8.75. The van der Waals surface area contributed by atoms with Gasteiger partial charge in [-0.3, -0.25) is 0 Å². The molecule has 0 aromatic heterocycles. The van der Waals surface area contributed by atoms with Crippen molar-refractivity contribution in [2.45, 2.75) is 19.4 Å². The predicted molar refractivity (Wildman–Crippen MR) is 73.0 cm³/mol. The number of rotatable bonds is 4. The van der Waals surface area contributed by atoms with Crippen molar-refractivity contribution < 1.29 is 0 Å². The molecule has 17 heavy (non-hydrogen) atoms. The van der Waals surface area contributed by atoms with Crippen molar-refractivity contribution in [2.75, 3.05) is 18.1 Å². The molecular formula is C14H18N2S. The molecular weight excluding hydrogens is 228 g/mol. The minimum atomic E-state index is 0.369. The highest BCUT2D eigenvalue weighted by molar-refractivity contribution is 7.99. The Hall–Kier alpha value is -0.980. The summed E-state index contributed by atoms with van der Waals surface area (Å²) in [4.78, 5) is 0. The molecule has 1 aromatic rings. The smallest absolute Gasteiger partial charge is 0.0991 e. The number of benzene rings is 1. The summed E-state index contributed by atoms with van der Waals surface area (Å²) in [6.07, 6.45) is 1.34. The first kappa shape index (κ1) is 12.5.